The van der Waals surface area contributed by atoms with Crippen LogP contribution in [0.1, 0.15) is 52.9 Å². The molecule has 10 nitrogen and oxygen atoms in total. The van der Waals surface area contributed by atoms with Gasteiger partial charge in [-0.25, -0.2) is 0 Å². The molecule has 0 saturated heterocycles. The van der Waals surface area contributed by atoms with Crippen LogP contribution in [0.4, 0.5) is 0 Å². The molecule has 27 heavy (non-hydrogen) atoms. The molecule has 0 aliphatic carbocycles. The second-order valence-corrected chi connectivity index (χ2v) is 6.67. The van der Waals surface area contributed by atoms with Crippen LogP contribution in [0.2, 0.25) is 0 Å². The van der Waals surface area contributed by atoms with E-state index in [4.69, 9.17) is 34.6 Å². The highest BCUT2D eigenvalue weighted by atomic mass is 16.6. The minimum Gasteiger partial charge on any atom is -0.462 e. The van der Waals surface area contributed by atoms with Crippen LogP contribution in [0.3, 0.4) is 0 Å². The van der Waals surface area contributed by atoms with E-state index in [9.17, 15) is 14.4 Å². The van der Waals surface area contributed by atoms with Crippen molar-refractivity contribution in [2.75, 3.05) is 13.2 Å². The maximum absolute atomic E-state index is 12.0. The summed E-state index contributed by atoms with van der Waals surface area (Å²) in [4.78, 5) is 35.3. The summed E-state index contributed by atoms with van der Waals surface area (Å²) in [6.07, 6.45) is -4.84. The van der Waals surface area contributed by atoms with E-state index >= 15 is 0 Å². The Bertz CT molecular complexity index is 472. The molecule has 0 radical (unpaired) electrons. The maximum atomic E-state index is 12.0. The van der Waals surface area contributed by atoms with Crippen molar-refractivity contribution in [1.82, 2.24) is 0 Å². The second-order valence-electron chi connectivity index (χ2n) is 6.67. The highest BCUT2D eigenvalue weighted by Crippen LogP contribution is 2.21. The van der Waals surface area contributed by atoms with Gasteiger partial charge in [0, 0.05) is 12.8 Å². The van der Waals surface area contributed by atoms with Gasteiger partial charge < -0.3 is 34.6 Å². The van der Waals surface area contributed by atoms with Gasteiger partial charge in [0.2, 0.25) is 0 Å². The molecule has 1 atom stereocenters. The number of rotatable bonds is 13. The second kappa shape index (κ2) is 12.6. The van der Waals surface area contributed by atoms with E-state index in [-0.39, 0.29) is 32.3 Å². The number of hydrogen-bond donors (Lipinski definition) is 4. The zero-order chi connectivity index (χ0) is 21.0. The fourth-order valence-electron chi connectivity index (χ4n) is 1.62. The van der Waals surface area contributed by atoms with Gasteiger partial charge in [-0.3, -0.25) is 14.4 Å². The Balaban J connectivity index is 4.67. The van der Waals surface area contributed by atoms with Gasteiger partial charge >= 0.3 is 17.9 Å². The Labute approximate surface area is 158 Å². The Morgan fingerprint density at radius 1 is 0.852 bits per heavy atom. The Hall–Kier alpha value is -1.75. The summed E-state index contributed by atoms with van der Waals surface area (Å²) in [5.41, 5.74) is -0.733. The van der Waals surface area contributed by atoms with Gasteiger partial charge in [-0.1, -0.05) is 6.92 Å². The first-order chi connectivity index (χ1) is 12.5. The van der Waals surface area contributed by atoms with Crippen molar-refractivity contribution in [3.8, 4) is 0 Å². The Morgan fingerprint density at radius 2 is 1.33 bits per heavy atom. The third-order valence-electron chi connectivity index (χ3n) is 3.78. The van der Waals surface area contributed by atoms with E-state index in [1.807, 2.05) is 6.92 Å². The molecule has 0 bridgehead atoms. The number of ether oxygens (including phenoxy) is 3. The molecule has 0 fully saturated rings. The van der Waals surface area contributed by atoms with E-state index in [0.717, 1.165) is 0 Å². The number of carbonyl (C=O) groups is 3. The van der Waals surface area contributed by atoms with Gasteiger partial charge in [-0.2, -0.15) is 0 Å². The first kappa shape index (κ1) is 25.2. The molecular weight excluding hydrogens is 364 g/mol. The summed E-state index contributed by atoms with van der Waals surface area (Å²) >= 11 is 0. The molecule has 1 unspecified atom stereocenters. The summed E-state index contributed by atoms with van der Waals surface area (Å²) < 4.78 is 15.1. The molecule has 0 aromatic rings. The topological polar surface area (TPSA) is 160 Å². The fraction of sp³-hybridized carbons (Fsp3) is 0.824. The van der Waals surface area contributed by atoms with Crippen LogP contribution in [0.15, 0.2) is 0 Å². The number of carbonyl (C=O) groups excluding carboxylic acids is 3. The molecule has 0 saturated carbocycles. The number of hydrogen-bond acceptors (Lipinski definition) is 10. The molecule has 0 aliphatic rings. The summed E-state index contributed by atoms with van der Waals surface area (Å²) in [6, 6.07) is 0. The maximum Gasteiger partial charge on any atom is 0.311 e. The smallest absolute Gasteiger partial charge is 0.311 e. The van der Waals surface area contributed by atoms with Crippen LogP contribution in [-0.4, -0.2) is 70.2 Å². The SMILES string of the molecule is CCC(C)(C)C(=O)OCC(COC(=O)CCC(O)O)OC(=O)CCC(O)O. The molecular formula is C17H30O10. The predicted molar refractivity (Wildman–Crippen MR) is 90.8 cm³/mol. The average molecular weight is 394 g/mol. The quantitative estimate of drug-likeness (QED) is 0.184. The Kier molecular flexibility index (Phi) is 11.8. The van der Waals surface area contributed by atoms with Gasteiger partial charge in [0.05, 0.1) is 18.3 Å². The Morgan fingerprint density at radius 3 is 1.81 bits per heavy atom. The lowest BCUT2D eigenvalue weighted by molar-refractivity contribution is -0.171. The largest absolute Gasteiger partial charge is 0.462 e. The third-order valence-corrected chi connectivity index (χ3v) is 3.78. The van der Waals surface area contributed by atoms with Gasteiger partial charge in [0.25, 0.3) is 0 Å². The van der Waals surface area contributed by atoms with E-state index in [2.05, 4.69) is 0 Å². The minimum atomic E-state index is -1.66. The zero-order valence-corrected chi connectivity index (χ0v) is 15.9. The molecule has 0 aromatic carbocycles. The summed E-state index contributed by atoms with van der Waals surface area (Å²) in [5, 5.41) is 35.0. The monoisotopic (exact) mass is 394 g/mol. The number of esters is 3. The lowest BCUT2D eigenvalue weighted by Crippen LogP contribution is -2.34. The van der Waals surface area contributed by atoms with Crippen molar-refractivity contribution >= 4 is 17.9 Å². The molecule has 0 spiro atoms. The molecule has 0 amide bonds. The molecule has 158 valence electrons. The van der Waals surface area contributed by atoms with Crippen LogP contribution >= 0.6 is 0 Å². The van der Waals surface area contributed by atoms with E-state index in [1.165, 1.54) is 0 Å². The highest BCUT2D eigenvalue weighted by Gasteiger charge is 2.29. The molecule has 0 rings (SSSR count). The van der Waals surface area contributed by atoms with E-state index in [1.54, 1.807) is 13.8 Å². The number of aliphatic hydroxyl groups is 4. The third kappa shape index (κ3) is 12.3. The summed E-state index contributed by atoms with van der Waals surface area (Å²) in [5.74, 6) is -2.03. The molecule has 0 aromatic heterocycles. The van der Waals surface area contributed by atoms with Crippen LogP contribution in [-0.2, 0) is 28.6 Å². The summed E-state index contributed by atoms with van der Waals surface area (Å²) in [6.45, 7) is 4.47. The zero-order valence-electron chi connectivity index (χ0n) is 15.9. The normalized spacial score (nSPS) is 12.8. The predicted octanol–water partition coefficient (Wildman–Crippen LogP) is -0.397. The molecule has 0 aliphatic heterocycles. The molecule has 10 heteroatoms. The minimum absolute atomic E-state index is 0.211. The van der Waals surface area contributed by atoms with Crippen molar-refractivity contribution < 1.29 is 49.0 Å². The van der Waals surface area contributed by atoms with Crippen molar-refractivity contribution in [3.05, 3.63) is 0 Å². The van der Waals surface area contributed by atoms with Crippen molar-refractivity contribution in [1.29, 1.82) is 0 Å². The van der Waals surface area contributed by atoms with Crippen LogP contribution in [0.25, 0.3) is 0 Å². The molecule has 4 N–H and O–H groups in total. The van der Waals surface area contributed by atoms with Crippen molar-refractivity contribution in [3.63, 3.8) is 0 Å². The highest BCUT2D eigenvalue weighted by molar-refractivity contribution is 5.76. The van der Waals surface area contributed by atoms with Crippen LogP contribution in [0, 0.1) is 5.41 Å². The van der Waals surface area contributed by atoms with E-state index in [0.29, 0.717) is 6.42 Å². The first-order valence-electron chi connectivity index (χ1n) is 8.72. The van der Waals surface area contributed by atoms with Crippen LogP contribution in [0.5, 0.6) is 0 Å². The van der Waals surface area contributed by atoms with Crippen molar-refractivity contribution in [2.24, 2.45) is 5.41 Å². The van der Waals surface area contributed by atoms with Gasteiger partial charge in [0.15, 0.2) is 18.7 Å². The number of aliphatic hydroxyl groups excluding tert-OH is 2. The standard InChI is InChI=1S/C17H30O10/c1-4-17(2,3)16(24)26-10-11(27-15(23)8-6-13(20)21)9-25-14(22)7-5-12(18)19/h11-13,18-21H,4-10H2,1-3H3. The van der Waals surface area contributed by atoms with E-state index < -0.39 is 48.6 Å². The van der Waals surface area contributed by atoms with Crippen molar-refractivity contribution in [2.45, 2.75) is 71.6 Å². The fourth-order valence-corrected chi connectivity index (χ4v) is 1.62. The van der Waals surface area contributed by atoms with Gasteiger partial charge in [-0.05, 0) is 20.3 Å². The van der Waals surface area contributed by atoms with Gasteiger partial charge in [-0.15, -0.1) is 0 Å². The lowest BCUT2D eigenvalue weighted by Gasteiger charge is -2.23. The van der Waals surface area contributed by atoms with Crippen LogP contribution < -0.4 is 0 Å². The summed E-state index contributed by atoms with van der Waals surface area (Å²) in [7, 11) is 0. The van der Waals surface area contributed by atoms with Gasteiger partial charge in [0.1, 0.15) is 13.2 Å². The molecule has 0 heterocycles. The lowest BCUT2D eigenvalue weighted by atomic mass is 9.91. The average Bonchev–Trinajstić information content (AvgIpc) is 2.59. The first-order valence-corrected chi connectivity index (χ1v) is 8.72.